The number of fused-ring (bicyclic) bond motifs is 6. The van der Waals surface area contributed by atoms with Gasteiger partial charge in [-0.25, -0.2) is 0 Å². The van der Waals surface area contributed by atoms with Crippen molar-refractivity contribution in [1.82, 2.24) is 0 Å². The highest BCUT2D eigenvalue weighted by molar-refractivity contribution is 6.25. The van der Waals surface area contributed by atoms with Crippen molar-refractivity contribution in [1.29, 1.82) is 0 Å². The first-order valence-electron chi connectivity index (χ1n) is 13.8. The van der Waals surface area contributed by atoms with Gasteiger partial charge in [0.05, 0.1) is 0 Å². The van der Waals surface area contributed by atoms with E-state index in [1.807, 2.05) is 0 Å². The number of anilines is 2. The first kappa shape index (κ1) is 25.5. The number of benzene rings is 6. The zero-order valence-electron chi connectivity index (χ0n) is 23.6. The zero-order valence-corrected chi connectivity index (χ0v) is 23.6. The second-order valence-corrected chi connectivity index (χ2v) is 10.8. The van der Waals surface area contributed by atoms with E-state index >= 15 is 0 Å². The SMILES string of the molecule is CN(C)c1ccc(C=Cc2ccc3c4ccc(C=Cc5ccc(N(C)C)cc5)cc4c4ccccc4c3c2)cc1. The van der Waals surface area contributed by atoms with Crippen molar-refractivity contribution >= 4 is 68.0 Å². The molecule has 0 amide bonds. The van der Waals surface area contributed by atoms with Crippen LogP contribution >= 0.6 is 0 Å². The molecule has 0 aromatic heterocycles. The molecule has 6 aromatic rings. The van der Waals surface area contributed by atoms with E-state index in [2.05, 4.69) is 171 Å². The molecule has 0 aliphatic heterocycles. The van der Waals surface area contributed by atoms with Gasteiger partial charge in [0.25, 0.3) is 0 Å². The van der Waals surface area contributed by atoms with Gasteiger partial charge in [0, 0.05) is 39.6 Å². The summed E-state index contributed by atoms with van der Waals surface area (Å²) in [4.78, 5) is 4.24. The van der Waals surface area contributed by atoms with Gasteiger partial charge in [0.2, 0.25) is 0 Å². The summed E-state index contributed by atoms with van der Waals surface area (Å²) in [5.74, 6) is 0. The molecule has 0 fully saturated rings. The van der Waals surface area contributed by atoms with Crippen LogP contribution in [0.5, 0.6) is 0 Å². The number of nitrogens with zero attached hydrogens (tertiary/aromatic N) is 2. The first-order chi connectivity index (χ1) is 19.5. The Morgan fingerprint density at radius 3 is 1.05 bits per heavy atom. The molecule has 0 radical (unpaired) electrons. The Morgan fingerprint density at radius 1 is 0.350 bits per heavy atom. The van der Waals surface area contributed by atoms with Crippen molar-refractivity contribution in [2.75, 3.05) is 38.0 Å². The molecule has 0 atom stereocenters. The van der Waals surface area contributed by atoms with Crippen LogP contribution in [0, 0.1) is 0 Å². The van der Waals surface area contributed by atoms with Crippen molar-refractivity contribution < 1.29 is 0 Å². The van der Waals surface area contributed by atoms with E-state index in [4.69, 9.17) is 0 Å². The lowest BCUT2D eigenvalue weighted by Crippen LogP contribution is -2.07. The fourth-order valence-electron chi connectivity index (χ4n) is 5.35. The lowest BCUT2D eigenvalue weighted by atomic mass is 9.92. The van der Waals surface area contributed by atoms with Crippen LogP contribution in [0.25, 0.3) is 56.6 Å². The van der Waals surface area contributed by atoms with E-state index in [-0.39, 0.29) is 0 Å². The second kappa shape index (κ2) is 10.7. The van der Waals surface area contributed by atoms with Gasteiger partial charge in [0.1, 0.15) is 0 Å². The minimum absolute atomic E-state index is 1.20. The van der Waals surface area contributed by atoms with Crippen molar-refractivity contribution in [3.63, 3.8) is 0 Å². The molecule has 0 bridgehead atoms. The molecule has 40 heavy (non-hydrogen) atoms. The lowest BCUT2D eigenvalue weighted by Gasteiger charge is -2.12. The van der Waals surface area contributed by atoms with Gasteiger partial charge in [-0.3, -0.25) is 0 Å². The summed E-state index contributed by atoms with van der Waals surface area (Å²) >= 11 is 0. The highest BCUT2D eigenvalue weighted by Gasteiger charge is 2.09. The quantitative estimate of drug-likeness (QED) is 0.160. The monoisotopic (exact) mass is 518 g/mol. The van der Waals surface area contributed by atoms with Gasteiger partial charge in [0.15, 0.2) is 0 Å². The van der Waals surface area contributed by atoms with Crippen LogP contribution in [0.15, 0.2) is 109 Å². The fraction of sp³-hybridized carbons (Fsp3) is 0.105. The van der Waals surface area contributed by atoms with Gasteiger partial charge in [-0.15, -0.1) is 0 Å². The molecule has 2 nitrogen and oxygen atoms in total. The van der Waals surface area contributed by atoms with Gasteiger partial charge in [-0.1, -0.05) is 97.1 Å². The molecule has 0 spiro atoms. The molecule has 0 N–H and O–H groups in total. The summed E-state index contributed by atoms with van der Waals surface area (Å²) < 4.78 is 0. The maximum atomic E-state index is 2.33. The standard InChI is InChI=1S/C38H34N2/c1-39(2)31-19-13-27(14-20-31)9-11-29-17-23-35-36-24-18-30(12-10-28-15-21-32(22-16-28)40(3)4)26-38(36)34-8-6-5-7-33(34)37(35)25-29/h5-26H,1-4H3. The molecular formula is C38H34N2. The van der Waals surface area contributed by atoms with Gasteiger partial charge in [-0.05, 0) is 91.0 Å². The van der Waals surface area contributed by atoms with E-state index in [0.29, 0.717) is 0 Å². The van der Waals surface area contributed by atoms with Crippen LogP contribution in [0.3, 0.4) is 0 Å². The summed E-state index contributed by atoms with van der Waals surface area (Å²) in [5.41, 5.74) is 7.21. The Labute approximate surface area is 237 Å². The first-order valence-corrected chi connectivity index (χ1v) is 13.8. The highest BCUT2D eigenvalue weighted by atomic mass is 15.1. The number of rotatable bonds is 6. The highest BCUT2D eigenvalue weighted by Crippen LogP contribution is 2.36. The second-order valence-electron chi connectivity index (χ2n) is 10.8. The summed E-state index contributed by atoms with van der Waals surface area (Å²) in [5, 5.41) is 7.73. The predicted molar refractivity (Wildman–Crippen MR) is 178 cm³/mol. The molecule has 0 saturated carbocycles. The Kier molecular flexibility index (Phi) is 6.84. The average molecular weight is 519 g/mol. The normalized spacial score (nSPS) is 11.8. The molecular weight excluding hydrogens is 484 g/mol. The average Bonchev–Trinajstić information content (AvgIpc) is 2.99. The van der Waals surface area contributed by atoms with E-state index in [1.165, 1.54) is 65.9 Å². The van der Waals surface area contributed by atoms with Crippen molar-refractivity contribution in [3.05, 3.63) is 131 Å². The minimum Gasteiger partial charge on any atom is -0.378 e. The third-order valence-electron chi connectivity index (χ3n) is 7.64. The molecule has 0 aliphatic carbocycles. The molecule has 2 heteroatoms. The van der Waals surface area contributed by atoms with E-state index in [1.54, 1.807) is 0 Å². The van der Waals surface area contributed by atoms with Crippen LogP contribution in [0.2, 0.25) is 0 Å². The third-order valence-corrected chi connectivity index (χ3v) is 7.64. The predicted octanol–water partition coefficient (Wildman–Crippen LogP) is 9.62. The van der Waals surface area contributed by atoms with Crippen molar-refractivity contribution in [2.24, 2.45) is 0 Å². The van der Waals surface area contributed by atoms with Crippen LogP contribution in [-0.2, 0) is 0 Å². The van der Waals surface area contributed by atoms with Crippen molar-refractivity contribution in [2.45, 2.75) is 0 Å². The van der Waals surface area contributed by atoms with Crippen LogP contribution in [0.4, 0.5) is 11.4 Å². The molecule has 0 heterocycles. The fourth-order valence-corrected chi connectivity index (χ4v) is 5.35. The zero-order chi connectivity index (χ0) is 27.6. The smallest absolute Gasteiger partial charge is 0.0361 e. The Morgan fingerprint density at radius 2 is 0.675 bits per heavy atom. The topological polar surface area (TPSA) is 6.48 Å². The van der Waals surface area contributed by atoms with Crippen molar-refractivity contribution in [3.8, 4) is 0 Å². The minimum atomic E-state index is 1.20. The number of hydrogen-bond donors (Lipinski definition) is 0. The Bertz CT molecular complexity index is 1710. The maximum Gasteiger partial charge on any atom is 0.0361 e. The largest absolute Gasteiger partial charge is 0.378 e. The summed E-state index contributed by atoms with van der Waals surface area (Å²) in [6.07, 6.45) is 8.80. The van der Waals surface area contributed by atoms with E-state index in [0.717, 1.165) is 0 Å². The molecule has 196 valence electrons. The van der Waals surface area contributed by atoms with Crippen LogP contribution < -0.4 is 9.80 Å². The van der Waals surface area contributed by atoms with Gasteiger partial charge < -0.3 is 9.80 Å². The molecule has 0 saturated heterocycles. The van der Waals surface area contributed by atoms with Gasteiger partial charge >= 0.3 is 0 Å². The maximum absolute atomic E-state index is 2.33. The summed E-state index contributed by atoms with van der Waals surface area (Å²) in [6.45, 7) is 0. The van der Waals surface area contributed by atoms with Crippen LogP contribution in [0.1, 0.15) is 22.3 Å². The molecule has 0 aliphatic rings. The Hall–Kier alpha value is -4.82. The lowest BCUT2D eigenvalue weighted by molar-refractivity contribution is 1.13. The molecule has 6 rings (SSSR count). The molecule has 6 aromatic carbocycles. The van der Waals surface area contributed by atoms with E-state index < -0.39 is 0 Å². The Balaban J connectivity index is 1.37. The number of hydrogen-bond acceptors (Lipinski definition) is 2. The molecule has 0 unspecified atom stereocenters. The van der Waals surface area contributed by atoms with Gasteiger partial charge in [-0.2, -0.15) is 0 Å². The van der Waals surface area contributed by atoms with E-state index in [9.17, 15) is 0 Å². The summed E-state index contributed by atoms with van der Waals surface area (Å²) in [6, 6.07) is 39.7. The third kappa shape index (κ3) is 5.09. The summed E-state index contributed by atoms with van der Waals surface area (Å²) in [7, 11) is 8.27. The van der Waals surface area contributed by atoms with Crippen LogP contribution in [-0.4, -0.2) is 28.2 Å².